The van der Waals surface area contributed by atoms with Crippen LogP contribution in [0.4, 0.5) is 0 Å². The van der Waals surface area contributed by atoms with Crippen molar-refractivity contribution in [3.05, 3.63) is 337 Å². The average molecular weight is 1240 g/mol. The van der Waals surface area contributed by atoms with Crippen molar-refractivity contribution in [2.24, 2.45) is 0 Å². The van der Waals surface area contributed by atoms with Crippen LogP contribution in [0, 0.1) is 0 Å². The number of para-hydroxylation sites is 2. The summed E-state index contributed by atoms with van der Waals surface area (Å²) in [6, 6.07) is -48.7. The zero-order valence-corrected chi connectivity index (χ0v) is 47.3. The zero-order valence-electron chi connectivity index (χ0n) is 101. The van der Waals surface area contributed by atoms with Crippen molar-refractivity contribution >= 4 is 87.0 Å². The fraction of sp³-hybridized carbons (Fsp3) is 0.0330. The Morgan fingerprint density at radius 3 is 1.00 bits per heavy atom. The third kappa shape index (κ3) is 8.78. The van der Waals surface area contributed by atoms with Gasteiger partial charge in [-0.3, -0.25) is 0 Å². The van der Waals surface area contributed by atoms with Gasteiger partial charge in [0, 0.05) is 27.0 Å². The lowest BCUT2D eigenvalue weighted by atomic mass is 9.81. The van der Waals surface area contributed by atoms with E-state index in [2.05, 4.69) is 0 Å². The normalized spacial score (nSPS) is 20.6. The van der Waals surface area contributed by atoms with E-state index in [1.807, 2.05) is 0 Å². The van der Waals surface area contributed by atoms with Crippen LogP contribution in [-0.4, -0.2) is 0 Å². The summed E-state index contributed by atoms with van der Waals surface area (Å²) in [7, 11) is 0. The lowest BCUT2D eigenvalue weighted by molar-refractivity contribution is 0.660. The SMILES string of the molecule is [2H]c1c([2H])c([2H])c(-c2c([2H])c([2H])c([2H])c(-c3c4c([2H])c([2H])c([2H])c([2H])c4c(-c4c([2H])c([2H])c(-c5c([2H])c([2H])c([2H])c6oc7c([2H])c([2H])c([2H])c([2H])c7c56)c([2H])c4[2H])c4c([2H])c([2H])c([2H])c([2H])c34)c2[2H])c([2H])c1[2H].[2H]c1c([2H])c([2H])c2c(c1[2H])-c1c([2H])c(-c3c4c([2H])c([2H])c([2H])c([2H])c4c(-c4c([2H])c([2H])c(-c5c([2H])c([2H])c([2H])c6oc7c([2H])c([2H])c([2H])c([2H])c7c56)c([2H])c4[2H])c4c([2H])c([2H])c([2H])c([2H])c34)c([2H])c([2H])c1C2(C)C. The fourth-order valence-corrected chi connectivity index (χ4v) is 11.7. The van der Waals surface area contributed by atoms with Gasteiger partial charge in [0.25, 0.3) is 0 Å². The Morgan fingerprint density at radius 1 is 0.215 bits per heavy atom. The molecule has 2 aromatic heterocycles. The Labute approximate surface area is 615 Å². The molecule has 93 heavy (non-hydrogen) atoms. The Hall–Kier alpha value is -11.8. The summed E-state index contributed by atoms with van der Waals surface area (Å²) in [5.41, 5.74) is -14.8. The van der Waals surface area contributed by atoms with Crippen molar-refractivity contribution in [1.29, 1.82) is 0 Å². The molecule has 1 aliphatic rings. The predicted molar refractivity (Wildman–Crippen MR) is 393 cm³/mol. The number of hydrogen-bond donors (Lipinski definition) is 0. The maximum Gasteiger partial charge on any atom is 0.136 e. The van der Waals surface area contributed by atoms with E-state index in [-0.39, 0.29) is 22.3 Å². The molecule has 0 saturated heterocycles. The van der Waals surface area contributed by atoms with Crippen molar-refractivity contribution in [1.82, 2.24) is 0 Å². The quantitative estimate of drug-likeness (QED) is 0.149. The summed E-state index contributed by atoms with van der Waals surface area (Å²) in [5, 5.41) is -7.63. The molecule has 0 unspecified atom stereocenters. The van der Waals surface area contributed by atoms with Crippen LogP contribution in [0.2, 0.25) is 0 Å². The fourth-order valence-electron chi connectivity index (χ4n) is 11.7. The van der Waals surface area contributed by atoms with E-state index in [4.69, 9.17) is 54.1 Å². The second-order valence-electron chi connectivity index (χ2n) is 21.1. The van der Waals surface area contributed by atoms with Gasteiger partial charge in [-0.25, -0.2) is 0 Å². The van der Waals surface area contributed by atoms with Gasteiger partial charge < -0.3 is 8.83 Å². The molecule has 0 amide bonds. The molecule has 19 rings (SSSR count). The van der Waals surface area contributed by atoms with Gasteiger partial charge in [0.2, 0.25) is 0 Å². The molecule has 0 aliphatic heterocycles. The molecule has 1 aliphatic carbocycles. The Bertz CT molecular complexity index is 9170. The number of rotatable bonds is 7. The first-order chi connectivity index (χ1) is 68.4. The first-order valence-electron chi connectivity index (χ1n) is 54.8. The molecular weight excluding hydrogens is 1120 g/mol. The van der Waals surface area contributed by atoms with Crippen molar-refractivity contribution in [2.45, 2.75) is 19.3 Å². The van der Waals surface area contributed by atoms with Crippen molar-refractivity contribution < 1.29 is 82.9 Å². The summed E-state index contributed by atoms with van der Waals surface area (Å²) in [4.78, 5) is 0. The van der Waals surface area contributed by atoms with Crippen molar-refractivity contribution in [2.75, 3.05) is 0 Å². The van der Waals surface area contributed by atoms with Crippen LogP contribution in [0.5, 0.6) is 0 Å². The highest BCUT2D eigenvalue weighted by molar-refractivity contribution is 6.24. The molecule has 0 fully saturated rings. The summed E-state index contributed by atoms with van der Waals surface area (Å²) in [6.07, 6.45) is 0. The number of furan rings is 2. The van der Waals surface area contributed by atoms with Crippen LogP contribution in [0.3, 0.4) is 0 Å². The minimum atomic E-state index is -1.45. The van der Waals surface area contributed by atoms with Gasteiger partial charge in [-0.1, -0.05) is 304 Å². The van der Waals surface area contributed by atoms with Crippen LogP contribution in [0.1, 0.15) is 99.0 Å². The van der Waals surface area contributed by atoms with E-state index in [0.717, 1.165) is 0 Å². The highest BCUT2D eigenvalue weighted by atomic mass is 16.3. The maximum atomic E-state index is 9.89. The van der Waals surface area contributed by atoms with Gasteiger partial charge in [0.1, 0.15) is 22.3 Å². The summed E-state index contributed by atoms with van der Waals surface area (Å²) < 4.78 is 497. The van der Waals surface area contributed by atoms with Gasteiger partial charge in [0.05, 0.1) is 74.0 Å². The van der Waals surface area contributed by atoms with Crippen LogP contribution in [0.15, 0.2) is 335 Å². The van der Waals surface area contributed by atoms with Crippen molar-refractivity contribution in [3.8, 4) is 89.0 Å². The summed E-state index contributed by atoms with van der Waals surface area (Å²) in [5.74, 6) is 0. The molecule has 16 aromatic carbocycles. The minimum Gasteiger partial charge on any atom is -0.456 e. The van der Waals surface area contributed by atoms with Gasteiger partial charge >= 0.3 is 0 Å². The Balaban J connectivity index is 0.000000193. The van der Waals surface area contributed by atoms with Gasteiger partial charge in [0.15, 0.2) is 0 Å². The first kappa shape index (κ1) is 22.5. The molecule has 0 atom stereocenters. The molecule has 2 heteroatoms. The monoisotopic (exact) mass is 1240 g/mol. The average Bonchev–Trinajstić information content (AvgIpc) is 1.56. The van der Waals surface area contributed by atoms with E-state index < -0.39 is 497 Å². The minimum absolute atomic E-state index is 0.0176. The van der Waals surface area contributed by atoms with Gasteiger partial charge in [-0.15, -0.1) is 0 Å². The van der Waals surface area contributed by atoms with E-state index >= 15 is 0 Å². The topological polar surface area (TPSA) is 26.3 Å². The Kier molecular flexibility index (Phi) is 5.25. The molecule has 2 heterocycles. The first-order valence-corrected chi connectivity index (χ1v) is 27.8. The third-order valence-corrected chi connectivity index (χ3v) is 15.8. The zero-order chi connectivity index (χ0) is 109. The second kappa shape index (κ2) is 21.7. The summed E-state index contributed by atoms with van der Waals surface area (Å²) in [6.45, 7) is 3.07. The van der Waals surface area contributed by atoms with Crippen LogP contribution < -0.4 is 0 Å². The molecule has 0 spiro atoms. The van der Waals surface area contributed by atoms with Crippen molar-refractivity contribution in [3.63, 3.8) is 0 Å². The molecule has 18 aromatic rings. The van der Waals surface area contributed by atoms with E-state index in [1.165, 1.54) is 13.8 Å². The predicted octanol–water partition coefficient (Wildman–Crippen LogP) is 25.8. The van der Waals surface area contributed by atoms with Crippen LogP contribution in [0.25, 0.3) is 176 Å². The third-order valence-electron chi connectivity index (χ3n) is 15.8. The molecular formula is C91H60O2. The smallest absolute Gasteiger partial charge is 0.136 e. The number of fused-ring (bicyclic) bond motifs is 13. The van der Waals surface area contributed by atoms with Gasteiger partial charge in [-0.05, 0) is 179 Å². The highest BCUT2D eigenvalue weighted by Crippen LogP contribution is 2.52. The molecule has 2 nitrogen and oxygen atoms in total. The largest absolute Gasteiger partial charge is 0.456 e. The molecule has 0 radical (unpaired) electrons. The maximum absolute atomic E-state index is 9.89. The number of benzene rings is 16. The second-order valence-corrected chi connectivity index (χ2v) is 21.1. The van der Waals surface area contributed by atoms with E-state index in [0.29, 0.717) is 0 Å². The van der Waals surface area contributed by atoms with Crippen LogP contribution in [-0.2, 0) is 5.41 Å². The lowest BCUT2D eigenvalue weighted by Gasteiger charge is -2.22. The molecule has 0 N–H and O–H groups in total. The van der Waals surface area contributed by atoms with Gasteiger partial charge in [-0.2, -0.15) is 0 Å². The summed E-state index contributed by atoms with van der Waals surface area (Å²) >= 11 is 0. The lowest BCUT2D eigenvalue weighted by Crippen LogP contribution is -2.14. The van der Waals surface area contributed by atoms with Crippen LogP contribution >= 0.6 is 0 Å². The molecule has 0 saturated carbocycles. The highest BCUT2D eigenvalue weighted by Gasteiger charge is 2.35. The number of hydrogen-bond acceptors (Lipinski definition) is 2. The van der Waals surface area contributed by atoms with E-state index in [9.17, 15) is 28.8 Å². The molecule has 0 bridgehead atoms. The van der Waals surface area contributed by atoms with E-state index in [1.54, 1.807) is 0 Å². The standard InChI is InChI=1S/C47H32O.C44H28O/c1-47(2)40-19-9-7-12-33(40)39-28-31(26-27-41(39)47)45-36-15-5-3-13-34(36)44(35-14-4-6-16-37(35)45)30-24-22-29(23-25-30)32-18-11-21-43-46(32)38-17-8-10-20-42(38)48-43;1-2-12-29(13-3-1)32-14-10-15-33(28-32)43-37-18-6-4-16-35(37)42(36-17-5-7-19-38(36)43)31-26-24-30(25-27-31)34-21-11-23-41-44(34)39-20-8-9-22-40(39)45-41/h3-28H,1-2H3;1-28H/i3D,4D,5D,6D,7D,8D,9D,10D,11D,12D,13D,14D,15D,16D,17D,18D,19D,20D,21D,22D,23D,24D,25D,26D,27D,28D;1D,2D,3D,4D,5D,6D,7D,8D,9D,10D,11D,12D,13D,14D,15D,16D,17D,18D,19D,20D,21D,22D,23D,24D,25D,26D,27D,28D. The molecule has 436 valence electrons. The Morgan fingerprint density at radius 2 is 0.527 bits per heavy atom.